The summed E-state index contributed by atoms with van der Waals surface area (Å²) in [6.07, 6.45) is 2.22. The van der Waals surface area contributed by atoms with Gasteiger partial charge in [-0.3, -0.25) is 0 Å². The molecule has 1 aliphatic rings. The first-order valence-corrected chi connectivity index (χ1v) is 5.15. The number of rotatable bonds is 1. The molecule has 1 aromatic heterocycles. The minimum Gasteiger partial charge on any atom is -0.397 e. The van der Waals surface area contributed by atoms with Crippen LogP contribution in [0.25, 0.3) is 0 Å². The second kappa shape index (κ2) is 3.65. The predicted octanol–water partition coefficient (Wildman–Crippen LogP) is 0.497. The molecule has 84 valence electrons. The van der Waals surface area contributed by atoms with Crippen molar-refractivity contribution in [3.63, 3.8) is 0 Å². The lowest BCUT2D eigenvalue weighted by molar-refractivity contribution is 0.0839. The van der Waals surface area contributed by atoms with Crippen LogP contribution in [0.5, 0.6) is 0 Å². The number of nitriles is 1. The minimum atomic E-state index is -0.699. The van der Waals surface area contributed by atoms with E-state index in [9.17, 15) is 5.11 Å². The van der Waals surface area contributed by atoms with E-state index in [1.807, 2.05) is 4.90 Å². The number of β-amino-alcohol motifs (C(OH)–C–C–N with tert-alkyl or cyclic N) is 1. The van der Waals surface area contributed by atoms with Crippen molar-refractivity contribution >= 4 is 11.5 Å². The van der Waals surface area contributed by atoms with E-state index >= 15 is 0 Å². The summed E-state index contributed by atoms with van der Waals surface area (Å²) < 4.78 is 0. The van der Waals surface area contributed by atoms with Crippen molar-refractivity contribution < 1.29 is 5.11 Å². The molecule has 0 bridgehead atoms. The van der Waals surface area contributed by atoms with Gasteiger partial charge in [-0.25, -0.2) is 4.98 Å². The third-order valence-corrected chi connectivity index (χ3v) is 2.76. The fourth-order valence-corrected chi connectivity index (χ4v) is 1.93. The van der Waals surface area contributed by atoms with Gasteiger partial charge in [-0.15, -0.1) is 0 Å². The molecule has 0 aromatic carbocycles. The molecule has 0 spiro atoms. The second-order valence-electron chi connectivity index (χ2n) is 4.42. The number of hydrogen-bond acceptors (Lipinski definition) is 5. The third kappa shape index (κ3) is 1.92. The van der Waals surface area contributed by atoms with Crippen molar-refractivity contribution in [2.24, 2.45) is 0 Å². The number of nitrogens with zero attached hydrogens (tertiary/aromatic N) is 3. The normalized spacial score (nSPS) is 24.4. The lowest BCUT2D eigenvalue weighted by atomic mass is 10.1. The van der Waals surface area contributed by atoms with Crippen LogP contribution in [0.1, 0.15) is 18.9 Å². The van der Waals surface area contributed by atoms with E-state index in [0.29, 0.717) is 36.6 Å². The minimum absolute atomic E-state index is 0.456. The number of nitrogens with two attached hydrogens (primary N) is 1. The Labute approximate surface area is 94.1 Å². The fraction of sp³-hybridized carbons (Fsp3) is 0.455. The molecule has 1 aromatic rings. The number of nitrogen functional groups attached to an aromatic ring is 1. The smallest absolute Gasteiger partial charge is 0.146 e. The molecule has 1 unspecified atom stereocenters. The van der Waals surface area contributed by atoms with Crippen LogP contribution in [0.3, 0.4) is 0 Å². The molecule has 0 saturated carbocycles. The molecular weight excluding hydrogens is 204 g/mol. The summed E-state index contributed by atoms with van der Waals surface area (Å²) in [6, 6.07) is 3.68. The average Bonchev–Trinajstić information content (AvgIpc) is 2.58. The van der Waals surface area contributed by atoms with Crippen LogP contribution in [0.4, 0.5) is 11.5 Å². The van der Waals surface area contributed by atoms with Crippen molar-refractivity contribution in [1.29, 1.82) is 5.26 Å². The highest BCUT2D eigenvalue weighted by molar-refractivity contribution is 5.59. The molecule has 1 aliphatic heterocycles. The lowest BCUT2D eigenvalue weighted by Crippen LogP contribution is -2.30. The van der Waals surface area contributed by atoms with E-state index in [4.69, 9.17) is 11.0 Å². The van der Waals surface area contributed by atoms with Crippen LogP contribution in [0, 0.1) is 11.3 Å². The van der Waals surface area contributed by atoms with Gasteiger partial charge in [0.2, 0.25) is 0 Å². The Balaban J connectivity index is 2.32. The summed E-state index contributed by atoms with van der Waals surface area (Å²) in [7, 11) is 0. The second-order valence-corrected chi connectivity index (χ2v) is 4.42. The van der Waals surface area contributed by atoms with Crippen LogP contribution in [-0.2, 0) is 0 Å². The van der Waals surface area contributed by atoms with Crippen LogP contribution in [0.2, 0.25) is 0 Å². The summed E-state index contributed by atoms with van der Waals surface area (Å²) in [5.41, 5.74) is 5.81. The Kier molecular flexibility index (Phi) is 2.44. The highest BCUT2D eigenvalue weighted by Crippen LogP contribution is 2.27. The zero-order valence-corrected chi connectivity index (χ0v) is 9.14. The SMILES string of the molecule is CC1(O)CCN(c2ncc(N)cc2C#N)C1. The quantitative estimate of drug-likeness (QED) is 0.716. The molecule has 2 rings (SSSR count). The number of aliphatic hydroxyl groups is 1. The van der Waals surface area contributed by atoms with Gasteiger partial charge in [-0.2, -0.15) is 5.26 Å². The van der Waals surface area contributed by atoms with Crippen LogP contribution >= 0.6 is 0 Å². The Morgan fingerprint density at radius 3 is 3.00 bits per heavy atom. The van der Waals surface area contributed by atoms with Crippen molar-refractivity contribution in [2.45, 2.75) is 18.9 Å². The molecule has 1 atom stereocenters. The van der Waals surface area contributed by atoms with Crippen molar-refractivity contribution in [3.05, 3.63) is 17.8 Å². The maximum Gasteiger partial charge on any atom is 0.146 e. The number of pyridine rings is 1. The monoisotopic (exact) mass is 218 g/mol. The standard InChI is InChI=1S/C11H14N4O/c1-11(16)2-3-15(7-11)10-8(5-12)4-9(13)6-14-10/h4,6,16H,2-3,7,13H2,1H3. The molecule has 1 fully saturated rings. The van der Waals surface area contributed by atoms with Crippen molar-refractivity contribution in [1.82, 2.24) is 4.98 Å². The molecule has 2 heterocycles. The predicted molar refractivity (Wildman–Crippen MR) is 60.8 cm³/mol. The fourth-order valence-electron chi connectivity index (χ4n) is 1.93. The van der Waals surface area contributed by atoms with E-state index in [0.717, 1.165) is 0 Å². The maximum atomic E-state index is 9.87. The summed E-state index contributed by atoms with van der Waals surface area (Å²) in [5, 5.41) is 18.9. The van der Waals surface area contributed by atoms with E-state index in [-0.39, 0.29) is 0 Å². The van der Waals surface area contributed by atoms with Gasteiger partial charge >= 0.3 is 0 Å². The first kappa shape index (κ1) is 10.7. The topological polar surface area (TPSA) is 86.2 Å². The molecule has 5 heteroatoms. The summed E-state index contributed by atoms with van der Waals surface area (Å²) in [6.45, 7) is 2.99. The average molecular weight is 218 g/mol. The van der Waals surface area contributed by atoms with Gasteiger partial charge in [0.25, 0.3) is 0 Å². The van der Waals surface area contributed by atoms with E-state index in [1.54, 1.807) is 13.0 Å². The first-order valence-electron chi connectivity index (χ1n) is 5.15. The summed E-state index contributed by atoms with van der Waals surface area (Å²) in [4.78, 5) is 6.08. The molecule has 16 heavy (non-hydrogen) atoms. The van der Waals surface area contributed by atoms with Crippen LogP contribution in [0.15, 0.2) is 12.3 Å². The van der Waals surface area contributed by atoms with E-state index < -0.39 is 5.60 Å². The number of aromatic nitrogens is 1. The lowest BCUT2D eigenvalue weighted by Gasteiger charge is -2.20. The highest BCUT2D eigenvalue weighted by Gasteiger charge is 2.32. The van der Waals surface area contributed by atoms with Crippen LogP contribution < -0.4 is 10.6 Å². The Bertz CT molecular complexity index is 450. The van der Waals surface area contributed by atoms with Crippen molar-refractivity contribution in [3.8, 4) is 6.07 Å². The molecule has 3 N–H and O–H groups in total. The van der Waals surface area contributed by atoms with E-state index in [2.05, 4.69) is 11.1 Å². The van der Waals surface area contributed by atoms with Gasteiger partial charge in [-0.1, -0.05) is 0 Å². The van der Waals surface area contributed by atoms with Gasteiger partial charge in [0.05, 0.1) is 23.0 Å². The molecule has 0 radical (unpaired) electrons. The van der Waals surface area contributed by atoms with Gasteiger partial charge in [-0.05, 0) is 19.4 Å². The third-order valence-electron chi connectivity index (χ3n) is 2.76. The Morgan fingerprint density at radius 2 is 2.44 bits per heavy atom. The van der Waals surface area contributed by atoms with Gasteiger partial charge < -0.3 is 15.7 Å². The molecule has 1 saturated heterocycles. The molecule has 5 nitrogen and oxygen atoms in total. The Hall–Kier alpha value is -1.80. The number of hydrogen-bond donors (Lipinski definition) is 2. The first-order chi connectivity index (χ1) is 7.52. The van der Waals surface area contributed by atoms with Crippen LogP contribution in [-0.4, -0.2) is 28.8 Å². The number of anilines is 2. The van der Waals surface area contributed by atoms with Crippen molar-refractivity contribution in [2.75, 3.05) is 23.7 Å². The maximum absolute atomic E-state index is 9.87. The Morgan fingerprint density at radius 1 is 1.69 bits per heavy atom. The zero-order valence-electron chi connectivity index (χ0n) is 9.14. The molecular formula is C11H14N4O. The molecule has 0 amide bonds. The van der Waals surface area contributed by atoms with Gasteiger partial charge in [0, 0.05) is 13.1 Å². The largest absolute Gasteiger partial charge is 0.397 e. The molecule has 0 aliphatic carbocycles. The van der Waals surface area contributed by atoms with Gasteiger partial charge in [0.1, 0.15) is 11.9 Å². The summed E-state index contributed by atoms with van der Waals surface area (Å²) in [5.74, 6) is 0.606. The zero-order chi connectivity index (χ0) is 11.8. The van der Waals surface area contributed by atoms with E-state index in [1.165, 1.54) is 6.20 Å². The summed E-state index contributed by atoms with van der Waals surface area (Å²) >= 11 is 0. The highest BCUT2D eigenvalue weighted by atomic mass is 16.3. The van der Waals surface area contributed by atoms with Gasteiger partial charge in [0.15, 0.2) is 0 Å².